The standard InChI is InChI=1S/C24H22F2N2O3/c25-19-8-11-21(22(26)14-19)24(30)27-13-12-23(29)28-15-17-6-9-20(10-7-17)31-16-18-4-2-1-3-5-18/h1-11,14H,12-13,15-16H2,(H,27,30)(H,28,29). The fraction of sp³-hybridized carbons (Fsp3) is 0.167. The van der Waals surface area contributed by atoms with Gasteiger partial charge >= 0.3 is 0 Å². The van der Waals surface area contributed by atoms with Crippen LogP contribution in [0.15, 0.2) is 72.8 Å². The Morgan fingerprint density at radius 3 is 2.29 bits per heavy atom. The lowest BCUT2D eigenvalue weighted by molar-refractivity contribution is -0.121. The summed E-state index contributed by atoms with van der Waals surface area (Å²) in [6.45, 7) is 0.844. The van der Waals surface area contributed by atoms with Crippen molar-refractivity contribution >= 4 is 11.8 Å². The number of benzene rings is 3. The van der Waals surface area contributed by atoms with Gasteiger partial charge in [-0.15, -0.1) is 0 Å². The summed E-state index contributed by atoms with van der Waals surface area (Å²) < 4.78 is 32.2. The molecule has 0 unspecified atom stereocenters. The molecule has 0 aliphatic carbocycles. The summed E-state index contributed by atoms with van der Waals surface area (Å²) in [5, 5.41) is 5.20. The van der Waals surface area contributed by atoms with E-state index in [1.165, 1.54) is 0 Å². The Balaban J connectivity index is 1.37. The first-order valence-electron chi connectivity index (χ1n) is 9.77. The van der Waals surface area contributed by atoms with Gasteiger partial charge in [-0.1, -0.05) is 42.5 Å². The highest BCUT2D eigenvalue weighted by Gasteiger charge is 2.12. The maximum Gasteiger partial charge on any atom is 0.254 e. The maximum absolute atomic E-state index is 13.6. The van der Waals surface area contributed by atoms with E-state index in [4.69, 9.17) is 4.74 Å². The molecular weight excluding hydrogens is 402 g/mol. The zero-order chi connectivity index (χ0) is 22.1. The first kappa shape index (κ1) is 22.0. The van der Waals surface area contributed by atoms with Crippen LogP contribution in [0.4, 0.5) is 8.78 Å². The van der Waals surface area contributed by atoms with Gasteiger partial charge in [-0.25, -0.2) is 8.78 Å². The van der Waals surface area contributed by atoms with Crippen molar-refractivity contribution in [3.05, 3.63) is 101 Å². The molecule has 0 radical (unpaired) electrons. The van der Waals surface area contributed by atoms with Gasteiger partial charge in [0, 0.05) is 25.6 Å². The molecule has 0 aliphatic heterocycles. The van der Waals surface area contributed by atoms with Crippen LogP contribution in [0.2, 0.25) is 0 Å². The third-order valence-electron chi connectivity index (χ3n) is 4.47. The molecule has 0 aliphatic rings. The van der Waals surface area contributed by atoms with Crippen molar-refractivity contribution < 1.29 is 23.1 Å². The SMILES string of the molecule is O=C(CCNC(=O)c1ccc(F)cc1F)NCc1ccc(OCc2ccccc2)cc1. The van der Waals surface area contributed by atoms with Crippen molar-refractivity contribution in [2.24, 2.45) is 0 Å². The molecule has 0 fully saturated rings. The van der Waals surface area contributed by atoms with Crippen LogP contribution in [-0.2, 0) is 17.9 Å². The molecule has 0 saturated heterocycles. The molecule has 0 atom stereocenters. The van der Waals surface area contributed by atoms with Crippen molar-refractivity contribution in [3.63, 3.8) is 0 Å². The fourth-order valence-corrected chi connectivity index (χ4v) is 2.79. The average Bonchev–Trinajstić information content (AvgIpc) is 2.77. The van der Waals surface area contributed by atoms with E-state index in [-0.39, 0.29) is 24.4 Å². The second-order valence-corrected chi connectivity index (χ2v) is 6.83. The normalized spacial score (nSPS) is 10.4. The quantitative estimate of drug-likeness (QED) is 0.546. The summed E-state index contributed by atoms with van der Waals surface area (Å²) in [7, 11) is 0. The van der Waals surface area contributed by atoms with Gasteiger partial charge in [-0.05, 0) is 35.4 Å². The number of hydrogen-bond acceptors (Lipinski definition) is 3. The van der Waals surface area contributed by atoms with Gasteiger partial charge in [-0.3, -0.25) is 9.59 Å². The minimum atomic E-state index is -0.946. The number of hydrogen-bond donors (Lipinski definition) is 2. The maximum atomic E-state index is 13.6. The molecule has 0 spiro atoms. The molecule has 31 heavy (non-hydrogen) atoms. The second-order valence-electron chi connectivity index (χ2n) is 6.83. The fourth-order valence-electron chi connectivity index (χ4n) is 2.79. The van der Waals surface area contributed by atoms with E-state index in [9.17, 15) is 18.4 Å². The van der Waals surface area contributed by atoms with E-state index < -0.39 is 17.5 Å². The summed E-state index contributed by atoms with van der Waals surface area (Å²) in [5.74, 6) is -1.93. The van der Waals surface area contributed by atoms with Crippen LogP contribution in [0.5, 0.6) is 5.75 Å². The topological polar surface area (TPSA) is 67.4 Å². The van der Waals surface area contributed by atoms with Crippen molar-refractivity contribution in [2.75, 3.05) is 6.54 Å². The van der Waals surface area contributed by atoms with Gasteiger partial charge in [0.2, 0.25) is 5.91 Å². The molecule has 7 heteroatoms. The van der Waals surface area contributed by atoms with Gasteiger partial charge in [0.25, 0.3) is 5.91 Å². The van der Waals surface area contributed by atoms with Crippen molar-refractivity contribution in [3.8, 4) is 5.75 Å². The smallest absolute Gasteiger partial charge is 0.254 e. The summed E-state index contributed by atoms with van der Waals surface area (Å²) in [4.78, 5) is 23.9. The molecule has 0 bridgehead atoms. The number of ether oxygens (including phenoxy) is 1. The molecule has 5 nitrogen and oxygen atoms in total. The predicted octanol–water partition coefficient (Wildman–Crippen LogP) is 3.98. The highest BCUT2D eigenvalue weighted by Crippen LogP contribution is 2.14. The van der Waals surface area contributed by atoms with Crippen LogP contribution in [0.1, 0.15) is 27.9 Å². The Kier molecular flexibility index (Phi) is 7.70. The van der Waals surface area contributed by atoms with Crippen molar-refractivity contribution in [1.82, 2.24) is 10.6 Å². The van der Waals surface area contributed by atoms with E-state index in [1.54, 1.807) is 0 Å². The van der Waals surface area contributed by atoms with Gasteiger partial charge < -0.3 is 15.4 Å². The Hall–Kier alpha value is -3.74. The molecule has 0 aromatic heterocycles. The second kappa shape index (κ2) is 10.9. The highest BCUT2D eigenvalue weighted by atomic mass is 19.1. The van der Waals surface area contributed by atoms with E-state index in [1.807, 2.05) is 54.6 Å². The molecular formula is C24H22F2N2O3. The summed E-state index contributed by atoms with van der Waals surface area (Å²) in [5.41, 5.74) is 1.71. The summed E-state index contributed by atoms with van der Waals surface area (Å²) in [6, 6.07) is 19.9. The van der Waals surface area contributed by atoms with Crippen molar-refractivity contribution in [1.29, 1.82) is 0 Å². The van der Waals surface area contributed by atoms with Crippen molar-refractivity contribution in [2.45, 2.75) is 19.6 Å². The lowest BCUT2D eigenvalue weighted by Crippen LogP contribution is -2.31. The number of carbonyl (C=O) groups is 2. The average molecular weight is 424 g/mol. The molecule has 0 saturated carbocycles. The van der Waals surface area contributed by atoms with Crippen LogP contribution < -0.4 is 15.4 Å². The van der Waals surface area contributed by atoms with E-state index >= 15 is 0 Å². The number of nitrogens with one attached hydrogen (secondary N) is 2. The Morgan fingerprint density at radius 2 is 1.58 bits per heavy atom. The predicted molar refractivity (Wildman–Crippen MR) is 112 cm³/mol. The van der Waals surface area contributed by atoms with Crippen LogP contribution in [0.3, 0.4) is 0 Å². The summed E-state index contributed by atoms with van der Waals surface area (Å²) in [6.07, 6.45) is 0.0345. The molecule has 3 aromatic rings. The minimum Gasteiger partial charge on any atom is -0.489 e. The third kappa shape index (κ3) is 6.92. The Labute approximate surface area is 179 Å². The van der Waals surface area contributed by atoms with Crippen LogP contribution in [-0.4, -0.2) is 18.4 Å². The van der Waals surface area contributed by atoms with Gasteiger partial charge in [0.1, 0.15) is 24.0 Å². The van der Waals surface area contributed by atoms with Crippen LogP contribution in [0.25, 0.3) is 0 Å². The van der Waals surface area contributed by atoms with E-state index in [0.717, 1.165) is 29.0 Å². The Bertz CT molecular complexity index is 1020. The lowest BCUT2D eigenvalue weighted by atomic mass is 10.2. The van der Waals surface area contributed by atoms with Gasteiger partial charge in [0.05, 0.1) is 5.56 Å². The van der Waals surface area contributed by atoms with Gasteiger partial charge in [0.15, 0.2) is 0 Å². The Morgan fingerprint density at radius 1 is 0.839 bits per heavy atom. The molecule has 160 valence electrons. The first-order valence-corrected chi connectivity index (χ1v) is 9.77. The third-order valence-corrected chi connectivity index (χ3v) is 4.47. The molecule has 2 N–H and O–H groups in total. The monoisotopic (exact) mass is 424 g/mol. The molecule has 2 amide bonds. The summed E-state index contributed by atoms with van der Waals surface area (Å²) >= 11 is 0. The molecule has 3 aromatic carbocycles. The first-order chi connectivity index (χ1) is 15.0. The number of carbonyl (C=O) groups excluding carboxylic acids is 2. The van der Waals surface area contributed by atoms with E-state index in [0.29, 0.717) is 19.2 Å². The number of rotatable bonds is 9. The zero-order valence-corrected chi connectivity index (χ0v) is 16.7. The van der Waals surface area contributed by atoms with Gasteiger partial charge in [-0.2, -0.15) is 0 Å². The molecule has 0 heterocycles. The zero-order valence-electron chi connectivity index (χ0n) is 16.7. The number of halogens is 2. The minimum absolute atomic E-state index is 0.0345. The van der Waals surface area contributed by atoms with E-state index in [2.05, 4.69) is 10.6 Å². The molecule has 3 rings (SSSR count). The number of amides is 2. The van der Waals surface area contributed by atoms with Crippen LogP contribution in [0, 0.1) is 11.6 Å². The lowest BCUT2D eigenvalue weighted by Gasteiger charge is -2.09. The highest BCUT2D eigenvalue weighted by molar-refractivity contribution is 5.94. The largest absolute Gasteiger partial charge is 0.489 e. The van der Waals surface area contributed by atoms with Crippen LogP contribution >= 0.6 is 0 Å².